The van der Waals surface area contributed by atoms with E-state index in [1.807, 2.05) is 6.07 Å². The third-order valence-electron chi connectivity index (χ3n) is 7.95. The van der Waals surface area contributed by atoms with Crippen LogP contribution in [0, 0.1) is 5.82 Å². The van der Waals surface area contributed by atoms with Gasteiger partial charge in [0.1, 0.15) is 29.3 Å². The number of amides is 2. The van der Waals surface area contributed by atoms with Gasteiger partial charge in [-0.25, -0.2) is 13.9 Å². The third kappa shape index (κ3) is 4.85. The number of primary amides is 1. The maximum absolute atomic E-state index is 14.6. The van der Waals surface area contributed by atoms with E-state index in [2.05, 4.69) is 15.4 Å². The molecule has 1 aromatic carbocycles. The minimum atomic E-state index is -5.35. The lowest BCUT2D eigenvalue weighted by Crippen LogP contribution is -2.51. The van der Waals surface area contributed by atoms with Crippen LogP contribution in [-0.2, 0) is 15.8 Å². The highest BCUT2D eigenvalue weighted by Crippen LogP contribution is 2.48. The van der Waals surface area contributed by atoms with Crippen LogP contribution in [0.15, 0.2) is 48.7 Å². The lowest BCUT2D eigenvalue weighted by molar-refractivity contribution is -0.265. The quantitative estimate of drug-likeness (QED) is 0.264. The van der Waals surface area contributed by atoms with Crippen LogP contribution in [0.4, 0.5) is 17.6 Å². The number of nitrogens with two attached hydrogens (primary N) is 1. The summed E-state index contributed by atoms with van der Waals surface area (Å²) < 4.78 is 65.1. The van der Waals surface area contributed by atoms with Crippen LogP contribution in [0.25, 0.3) is 16.8 Å². The van der Waals surface area contributed by atoms with Crippen LogP contribution in [0.3, 0.4) is 0 Å². The SMILES string of the molecule is C[C@]1(C(N)=O)COc2c1cc(C(O)(CNC(=O)c1ccn3nc(C4CC4)cc3c1)C(F)(F)F)nc2-c1ccc(F)c(Cl)c1. The number of hydrogen-bond donors (Lipinski definition) is 3. The van der Waals surface area contributed by atoms with E-state index in [1.54, 1.807) is 4.52 Å². The molecule has 4 aromatic rings. The van der Waals surface area contributed by atoms with E-state index in [-0.39, 0.29) is 39.8 Å². The summed E-state index contributed by atoms with van der Waals surface area (Å²) in [6.45, 7) is -0.260. The van der Waals surface area contributed by atoms with Gasteiger partial charge in [0.25, 0.3) is 5.91 Å². The van der Waals surface area contributed by atoms with Crippen LogP contribution >= 0.6 is 11.6 Å². The fourth-order valence-corrected chi connectivity index (χ4v) is 5.20. The van der Waals surface area contributed by atoms with Crippen molar-refractivity contribution in [2.24, 2.45) is 5.73 Å². The standard InChI is InChI=1S/C29H24ClF4N5O4/c1-27(26(35)41)13-43-24-18(27)11-22(37-23(24)15-4-5-20(31)19(30)9-15)28(42,29(32,33)34)12-36-25(40)16-6-7-39-17(8-16)10-21(38-39)14-2-3-14/h4-11,14,42H,2-3,12-13H2,1H3,(H2,35,41)(H,36,40)/t27-,28?/m0/s1. The molecule has 1 aliphatic heterocycles. The molecule has 9 nitrogen and oxygen atoms in total. The smallest absolute Gasteiger partial charge is 0.424 e. The van der Waals surface area contributed by atoms with E-state index in [0.717, 1.165) is 36.7 Å². The van der Waals surface area contributed by atoms with Crippen molar-refractivity contribution < 1.29 is 37.0 Å². The number of pyridine rings is 2. The molecule has 0 bridgehead atoms. The number of hydrogen-bond acceptors (Lipinski definition) is 6. The number of nitrogens with zero attached hydrogens (tertiary/aromatic N) is 3. The van der Waals surface area contributed by atoms with Crippen LogP contribution in [-0.4, -0.2) is 50.8 Å². The number of fused-ring (bicyclic) bond motifs is 2. The molecule has 6 rings (SSSR count). The van der Waals surface area contributed by atoms with Gasteiger partial charge in [0.15, 0.2) is 0 Å². The molecular weight excluding hydrogens is 594 g/mol. The number of benzene rings is 1. The van der Waals surface area contributed by atoms with E-state index in [0.29, 0.717) is 11.4 Å². The molecule has 1 unspecified atom stereocenters. The zero-order valence-corrected chi connectivity index (χ0v) is 23.3. The summed E-state index contributed by atoms with van der Waals surface area (Å²) in [4.78, 5) is 29.5. The van der Waals surface area contributed by atoms with E-state index >= 15 is 0 Å². The lowest BCUT2D eigenvalue weighted by atomic mass is 9.81. The second-order valence-electron chi connectivity index (χ2n) is 11.0. The van der Waals surface area contributed by atoms with E-state index in [4.69, 9.17) is 22.1 Å². The van der Waals surface area contributed by atoms with Gasteiger partial charge in [-0.15, -0.1) is 0 Å². The van der Waals surface area contributed by atoms with Crippen molar-refractivity contribution in [3.63, 3.8) is 0 Å². The molecule has 1 aliphatic carbocycles. The number of halogens is 5. The number of carbonyl (C=O) groups excluding carboxylic acids is 2. The Kier molecular flexibility index (Phi) is 6.66. The van der Waals surface area contributed by atoms with Crippen molar-refractivity contribution in [3.05, 3.63) is 82.0 Å². The Morgan fingerprint density at radius 1 is 1.21 bits per heavy atom. The molecule has 43 heavy (non-hydrogen) atoms. The highest BCUT2D eigenvalue weighted by Gasteiger charge is 2.57. The Bertz CT molecular complexity index is 1810. The largest absolute Gasteiger partial charge is 0.489 e. The lowest BCUT2D eigenvalue weighted by Gasteiger charge is -2.31. The first-order valence-corrected chi connectivity index (χ1v) is 13.6. The van der Waals surface area contributed by atoms with E-state index in [1.165, 1.54) is 31.3 Å². The number of ether oxygens (including phenoxy) is 1. The summed E-state index contributed by atoms with van der Waals surface area (Å²) >= 11 is 5.92. The number of alkyl halides is 3. The Labute approximate surface area is 246 Å². The van der Waals surface area contributed by atoms with Crippen molar-refractivity contribution in [3.8, 4) is 17.0 Å². The van der Waals surface area contributed by atoms with Gasteiger partial charge in [-0.2, -0.15) is 18.3 Å². The average Bonchev–Trinajstić information content (AvgIpc) is 3.63. The van der Waals surface area contributed by atoms with Crippen LogP contribution in [0.2, 0.25) is 5.02 Å². The Balaban J connectivity index is 1.39. The summed E-state index contributed by atoms with van der Waals surface area (Å²) in [5.41, 5.74) is 0.631. The first-order valence-electron chi connectivity index (χ1n) is 13.2. The van der Waals surface area contributed by atoms with Gasteiger partial charge >= 0.3 is 6.18 Å². The Hall–Kier alpha value is -4.23. The highest BCUT2D eigenvalue weighted by atomic mass is 35.5. The van der Waals surface area contributed by atoms with Gasteiger partial charge in [0.05, 0.1) is 28.5 Å². The van der Waals surface area contributed by atoms with Gasteiger partial charge in [-0.3, -0.25) is 9.59 Å². The van der Waals surface area contributed by atoms with Crippen molar-refractivity contribution in [2.75, 3.05) is 13.2 Å². The molecule has 2 amide bonds. The molecule has 0 spiro atoms. The molecule has 0 radical (unpaired) electrons. The molecule has 14 heteroatoms. The summed E-state index contributed by atoms with van der Waals surface area (Å²) in [5.74, 6) is -2.27. The summed E-state index contributed by atoms with van der Waals surface area (Å²) in [6, 6.07) is 8.92. The van der Waals surface area contributed by atoms with Gasteiger partial charge in [-0.1, -0.05) is 11.6 Å². The first kappa shape index (κ1) is 28.9. The fourth-order valence-electron chi connectivity index (χ4n) is 5.02. The monoisotopic (exact) mass is 617 g/mol. The predicted molar refractivity (Wildman–Crippen MR) is 146 cm³/mol. The van der Waals surface area contributed by atoms with Crippen molar-refractivity contribution in [1.82, 2.24) is 19.9 Å². The molecule has 3 aromatic heterocycles. The molecule has 224 valence electrons. The normalized spacial score (nSPS) is 19.5. The molecule has 4 heterocycles. The van der Waals surface area contributed by atoms with Crippen LogP contribution in [0.1, 0.15) is 53.0 Å². The highest BCUT2D eigenvalue weighted by molar-refractivity contribution is 6.31. The Morgan fingerprint density at radius 3 is 2.60 bits per heavy atom. The summed E-state index contributed by atoms with van der Waals surface area (Å²) in [7, 11) is 0. The number of carbonyl (C=O) groups is 2. The number of aliphatic hydroxyl groups is 1. The Morgan fingerprint density at radius 2 is 1.95 bits per heavy atom. The van der Waals surface area contributed by atoms with Gasteiger partial charge in [0, 0.05) is 28.8 Å². The zero-order chi connectivity index (χ0) is 30.9. The molecule has 0 saturated heterocycles. The van der Waals surface area contributed by atoms with E-state index in [9.17, 15) is 32.3 Å². The maximum atomic E-state index is 14.6. The molecule has 2 atom stereocenters. The number of aromatic nitrogens is 3. The van der Waals surface area contributed by atoms with Gasteiger partial charge in [0.2, 0.25) is 11.5 Å². The van der Waals surface area contributed by atoms with Crippen LogP contribution in [0.5, 0.6) is 5.75 Å². The van der Waals surface area contributed by atoms with E-state index < -0.39 is 47.1 Å². The minimum Gasteiger partial charge on any atom is -0.489 e. The maximum Gasteiger partial charge on any atom is 0.424 e. The topological polar surface area (TPSA) is 132 Å². The first-order chi connectivity index (χ1) is 20.2. The number of nitrogens with one attached hydrogen (secondary N) is 1. The molecule has 2 aliphatic rings. The molecule has 4 N–H and O–H groups in total. The molecular formula is C29H24ClF4N5O4. The minimum absolute atomic E-state index is 0.0533. The molecule has 1 saturated carbocycles. The molecule has 1 fully saturated rings. The van der Waals surface area contributed by atoms with Gasteiger partial charge in [-0.05, 0) is 62.2 Å². The third-order valence-corrected chi connectivity index (χ3v) is 8.24. The summed E-state index contributed by atoms with van der Waals surface area (Å²) in [6.07, 6.45) is -1.79. The fraction of sp³-hybridized carbons (Fsp3) is 0.310. The zero-order valence-electron chi connectivity index (χ0n) is 22.5. The van der Waals surface area contributed by atoms with Crippen LogP contribution < -0.4 is 15.8 Å². The van der Waals surface area contributed by atoms with Crippen molar-refractivity contribution >= 4 is 28.9 Å². The second-order valence-corrected chi connectivity index (χ2v) is 11.4. The predicted octanol–water partition coefficient (Wildman–Crippen LogP) is 4.38. The summed E-state index contributed by atoms with van der Waals surface area (Å²) in [5, 5.41) is 17.5. The second kappa shape index (κ2) is 9.91. The average molecular weight is 618 g/mol. The van der Waals surface area contributed by atoms with Crippen molar-refractivity contribution in [2.45, 2.75) is 42.9 Å². The van der Waals surface area contributed by atoms with Gasteiger partial charge < -0.3 is 20.9 Å². The van der Waals surface area contributed by atoms with Crippen molar-refractivity contribution in [1.29, 1.82) is 0 Å². The number of rotatable bonds is 7.